The number of nitrogens with one attached hydrogen (secondary N) is 2. The lowest BCUT2D eigenvalue weighted by atomic mass is 10.0. The number of hydrogen-bond donors (Lipinski definition) is 2. The Kier molecular flexibility index (Phi) is 5.70. The fourth-order valence-corrected chi connectivity index (χ4v) is 5.17. The van der Waals surface area contributed by atoms with Gasteiger partial charge in [-0.15, -0.1) is 0 Å². The van der Waals surface area contributed by atoms with Crippen molar-refractivity contribution in [2.24, 2.45) is 0 Å². The van der Waals surface area contributed by atoms with Crippen LogP contribution in [0, 0.1) is 0 Å². The Morgan fingerprint density at radius 3 is 2.94 bits per heavy atom. The Morgan fingerprint density at radius 2 is 2.06 bits per heavy atom. The molecule has 4 heterocycles. The molecule has 2 fully saturated rings. The Morgan fingerprint density at radius 1 is 1.19 bits per heavy atom. The molecule has 3 aliphatic rings. The monoisotopic (exact) mass is 419 g/mol. The van der Waals surface area contributed by atoms with E-state index in [0.717, 1.165) is 43.7 Å². The van der Waals surface area contributed by atoms with Crippen molar-refractivity contribution in [3.05, 3.63) is 59.9 Å². The van der Waals surface area contributed by atoms with E-state index in [0.29, 0.717) is 19.5 Å². The third-order valence-electron chi connectivity index (χ3n) is 6.80. The van der Waals surface area contributed by atoms with E-state index in [9.17, 15) is 9.59 Å². The molecule has 2 saturated heterocycles. The Labute approximate surface area is 182 Å². The topological polar surface area (TPSA) is 77.6 Å². The van der Waals surface area contributed by atoms with Gasteiger partial charge >= 0.3 is 0 Å². The molecular formula is C24H29N5O2. The van der Waals surface area contributed by atoms with E-state index in [1.54, 1.807) is 6.20 Å². The van der Waals surface area contributed by atoms with Gasteiger partial charge in [-0.05, 0) is 43.0 Å². The number of amides is 2. The van der Waals surface area contributed by atoms with Crippen molar-refractivity contribution in [3.63, 3.8) is 0 Å². The summed E-state index contributed by atoms with van der Waals surface area (Å²) in [5, 5.41) is 6.62. The predicted molar refractivity (Wildman–Crippen MR) is 119 cm³/mol. The second kappa shape index (κ2) is 8.77. The van der Waals surface area contributed by atoms with E-state index in [1.807, 2.05) is 41.3 Å². The number of fused-ring (bicyclic) bond motifs is 2. The number of piperazine rings is 1. The van der Waals surface area contributed by atoms with Gasteiger partial charge in [0.2, 0.25) is 11.8 Å². The smallest absolute Gasteiger partial charge is 0.237 e. The summed E-state index contributed by atoms with van der Waals surface area (Å²) >= 11 is 0. The molecule has 7 heteroatoms. The molecule has 0 spiro atoms. The van der Waals surface area contributed by atoms with Crippen LogP contribution in [0.2, 0.25) is 0 Å². The lowest BCUT2D eigenvalue weighted by Crippen LogP contribution is -2.58. The minimum absolute atomic E-state index is 0.109. The average molecular weight is 420 g/mol. The maximum atomic E-state index is 12.9. The molecule has 0 saturated carbocycles. The SMILES string of the molecule is O=C1NC[C@H](CCC(=O)N2CCc3ccccc32)N2C[C@@H](NCc3ccccn3)C[C@H]12. The van der Waals surface area contributed by atoms with Crippen LogP contribution in [0.4, 0.5) is 5.69 Å². The Bertz CT molecular complexity index is 950. The number of para-hydroxylation sites is 1. The molecule has 2 aromatic rings. The molecule has 162 valence electrons. The molecule has 0 bridgehead atoms. The Hall–Kier alpha value is -2.77. The van der Waals surface area contributed by atoms with Crippen LogP contribution < -0.4 is 15.5 Å². The number of nitrogens with zero attached hydrogens (tertiary/aromatic N) is 3. The minimum Gasteiger partial charge on any atom is -0.353 e. The lowest BCUT2D eigenvalue weighted by Gasteiger charge is -2.37. The summed E-state index contributed by atoms with van der Waals surface area (Å²) in [5.74, 6) is 0.292. The first-order valence-corrected chi connectivity index (χ1v) is 11.2. The summed E-state index contributed by atoms with van der Waals surface area (Å²) in [6.07, 6.45) is 4.79. The van der Waals surface area contributed by atoms with Crippen molar-refractivity contribution in [3.8, 4) is 0 Å². The zero-order chi connectivity index (χ0) is 21.2. The molecule has 3 atom stereocenters. The third-order valence-corrected chi connectivity index (χ3v) is 6.80. The zero-order valence-corrected chi connectivity index (χ0v) is 17.7. The highest BCUT2D eigenvalue weighted by atomic mass is 16.2. The molecule has 1 aromatic heterocycles. The summed E-state index contributed by atoms with van der Waals surface area (Å²) in [6.45, 7) is 2.92. The van der Waals surface area contributed by atoms with Crippen LogP contribution in [0.1, 0.15) is 30.5 Å². The molecule has 2 N–H and O–H groups in total. The van der Waals surface area contributed by atoms with Crippen LogP contribution in [-0.4, -0.2) is 59.5 Å². The molecule has 7 nitrogen and oxygen atoms in total. The van der Waals surface area contributed by atoms with Crippen molar-refractivity contribution >= 4 is 17.5 Å². The van der Waals surface area contributed by atoms with Crippen molar-refractivity contribution in [1.29, 1.82) is 0 Å². The van der Waals surface area contributed by atoms with Crippen molar-refractivity contribution in [1.82, 2.24) is 20.5 Å². The number of benzene rings is 1. The highest BCUT2D eigenvalue weighted by Gasteiger charge is 2.43. The fraction of sp³-hybridized carbons (Fsp3) is 0.458. The molecule has 2 amide bonds. The third kappa shape index (κ3) is 4.20. The predicted octanol–water partition coefficient (Wildman–Crippen LogP) is 1.48. The van der Waals surface area contributed by atoms with E-state index in [2.05, 4.69) is 26.6 Å². The summed E-state index contributed by atoms with van der Waals surface area (Å²) in [7, 11) is 0. The zero-order valence-electron chi connectivity index (χ0n) is 17.7. The summed E-state index contributed by atoms with van der Waals surface area (Å²) < 4.78 is 0. The first kappa shape index (κ1) is 20.2. The van der Waals surface area contributed by atoms with Gasteiger partial charge in [0.05, 0.1) is 11.7 Å². The molecule has 1 aromatic carbocycles. The van der Waals surface area contributed by atoms with E-state index in [1.165, 1.54) is 5.56 Å². The fourth-order valence-electron chi connectivity index (χ4n) is 5.17. The maximum Gasteiger partial charge on any atom is 0.237 e. The van der Waals surface area contributed by atoms with E-state index in [-0.39, 0.29) is 29.9 Å². The first-order chi connectivity index (χ1) is 15.2. The van der Waals surface area contributed by atoms with Crippen molar-refractivity contribution < 1.29 is 9.59 Å². The van der Waals surface area contributed by atoms with Crippen LogP contribution in [0.15, 0.2) is 48.7 Å². The molecule has 5 rings (SSSR count). The van der Waals surface area contributed by atoms with E-state index in [4.69, 9.17) is 0 Å². The highest BCUT2D eigenvalue weighted by molar-refractivity contribution is 5.95. The first-order valence-electron chi connectivity index (χ1n) is 11.2. The maximum absolute atomic E-state index is 12.9. The second-order valence-corrected chi connectivity index (χ2v) is 8.71. The summed E-state index contributed by atoms with van der Waals surface area (Å²) in [6, 6.07) is 14.4. The van der Waals surface area contributed by atoms with Gasteiger partial charge in [0.25, 0.3) is 0 Å². The van der Waals surface area contributed by atoms with Crippen LogP contribution in [0.3, 0.4) is 0 Å². The number of pyridine rings is 1. The number of anilines is 1. The standard InChI is InChI=1S/C24H29N5O2/c30-23(28-12-10-17-5-1-2-7-21(17)28)9-8-20-15-27-24(31)22-13-19(16-29(20)22)26-14-18-6-3-4-11-25-18/h1-7,11,19-20,22,26H,8-10,12-16H2,(H,27,31)/t19-,20-,22+/m0/s1. The lowest BCUT2D eigenvalue weighted by molar-refractivity contribution is -0.129. The number of aromatic nitrogens is 1. The van der Waals surface area contributed by atoms with E-state index >= 15 is 0 Å². The summed E-state index contributed by atoms with van der Waals surface area (Å²) in [4.78, 5) is 34.0. The largest absolute Gasteiger partial charge is 0.353 e. The van der Waals surface area contributed by atoms with Crippen molar-refractivity contribution in [2.45, 2.75) is 50.4 Å². The second-order valence-electron chi connectivity index (χ2n) is 8.71. The molecule has 0 aliphatic carbocycles. The van der Waals surface area contributed by atoms with Gasteiger partial charge in [-0.25, -0.2) is 0 Å². The van der Waals surface area contributed by atoms with Gasteiger partial charge < -0.3 is 15.5 Å². The van der Waals surface area contributed by atoms with E-state index < -0.39 is 0 Å². The van der Waals surface area contributed by atoms with Crippen molar-refractivity contribution in [2.75, 3.05) is 24.5 Å². The van der Waals surface area contributed by atoms with Gasteiger partial charge in [-0.1, -0.05) is 24.3 Å². The molecule has 3 aliphatic heterocycles. The quantitative estimate of drug-likeness (QED) is 0.742. The number of hydrogen-bond acceptors (Lipinski definition) is 5. The van der Waals surface area contributed by atoms with Gasteiger partial charge in [-0.3, -0.25) is 19.5 Å². The van der Waals surface area contributed by atoms with Crippen LogP contribution >= 0.6 is 0 Å². The van der Waals surface area contributed by atoms with Crippen LogP contribution in [0.5, 0.6) is 0 Å². The van der Waals surface area contributed by atoms with Crippen LogP contribution in [0.25, 0.3) is 0 Å². The molecule has 0 radical (unpaired) electrons. The van der Waals surface area contributed by atoms with Gasteiger partial charge in [0.1, 0.15) is 0 Å². The van der Waals surface area contributed by atoms with Gasteiger partial charge in [-0.2, -0.15) is 0 Å². The normalized spacial score (nSPS) is 25.2. The highest BCUT2D eigenvalue weighted by Crippen LogP contribution is 2.30. The molecular weight excluding hydrogens is 390 g/mol. The van der Waals surface area contributed by atoms with Crippen LogP contribution in [-0.2, 0) is 22.6 Å². The number of rotatable bonds is 6. The number of carbonyl (C=O) groups excluding carboxylic acids is 2. The average Bonchev–Trinajstić information content (AvgIpc) is 3.43. The summed E-state index contributed by atoms with van der Waals surface area (Å²) in [5.41, 5.74) is 3.31. The molecule has 31 heavy (non-hydrogen) atoms. The number of carbonyl (C=O) groups is 2. The van der Waals surface area contributed by atoms with Gasteiger partial charge in [0, 0.05) is 56.6 Å². The molecule has 0 unspecified atom stereocenters. The minimum atomic E-state index is -0.109. The van der Waals surface area contributed by atoms with Gasteiger partial charge in [0.15, 0.2) is 0 Å². The Balaban J connectivity index is 1.18.